The molecule has 0 spiro atoms. The number of urea groups is 1. The lowest BCUT2D eigenvalue weighted by molar-refractivity contribution is 0.262. The van der Waals surface area contributed by atoms with Crippen molar-refractivity contribution in [1.29, 1.82) is 0 Å². The minimum atomic E-state index is -0.604. The number of halogens is 1. The fourth-order valence-electron chi connectivity index (χ4n) is 2.70. The highest BCUT2D eigenvalue weighted by Gasteiger charge is 2.13. The van der Waals surface area contributed by atoms with E-state index in [-0.39, 0.29) is 11.5 Å². The molecule has 0 aliphatic rings. The van der Waals surface area contributed by atoms with Crippen LogP contribution >= 0.6 is 0 Å². The lowest BCUT2D eigenvalue weighted by Crippen LogP contribution is -2.20. The number of fused-ring (bicyclic) bond motifs is 1. The molecule has 4 aromatic rings. The number of benzene rings is 1. The minimum Gasteiger partial charge on any atom is -0.380 e. The summed E-state index contributed by atoms with van der Waals surface area (Å²) in [6.45, 7) is 1.80. The maximum absolute atomic E-state index is 13.8. The topological polar surface area (TPSA) is 123 Å². The molecule has 1 aromatic carbocycles. The molecule has 0 aliphatic heterocycles. The largest absolute Gasteiger partial charge is 0.380 e. The van der Waals surface area contributed by atoms with Crippen LogP contribution in [-0.2, 0) is 0 Å². The minimum absolute atomic E-state index is 0.0884. The molecule has 2 amide bonds. The average Bonchev–Trinajstić information content (AvgIpc) is 3.07. The summed E-state index contributed by atoms with van der Waals surface area (Å²) < 4.78 is 15.3. The van der Waals surface area contributed by atoms with Crippen LogP contribution in [0.3, 0.4) is 0 Å². The molecule has 0 saturated carbocycles. The number of aryl methyl sites for hydroxylation is 1. The van der Waals surface area contributed by atoms with Gasteiger partial charge in [0.15, 0.2) is 11.6 Å². The van der Waals surface area contributed by atoms with Crippen LogP contribution in [0.25, 0.3) is 16.9 Å². The Morgan fingerprint density at radius 1 is 1.18 bits per heavy atom. The molecule has 28 heavy (non-hydrogen) atoms. The van der Waals surface area contributed by atoms with Crippen LogP contribution in [0.4, 0.5) is 26.4 Å². The quantitative estimate of drug-likeness (QED) is 0.504. The number of nitrogens with zero attached hydrogens (tertiary/aromatic N) is 5. The Labute approximate surface area is 158 Å². The van der Waals surface area contributed by atoms with Gasteiger partial charge in [0.25, 0.3) is 0 Å². The zero-order valence-electron chi connectivity index (χ0n) is 14.7. The van der Waals surface area contributed by atoms with Crippen LogP contribution < -0.4 is 16.4 Å². The summed E-state index contributed by atoms with van der Waals surface area (Å²) in [7, 11) is 0. The van der Waals surface area contributed by atoms with E-state index in [1.165, 1.54) is 23.0 Å². The number of rotatable bonds is 3. The van der Waals surface area contributed by atoms with Gasteiger partial charge in [-0.2, -0.15) is 0 Å². The molecule has 0 fully saturated rings. The Bertz CT molecular complexity index is 1170. The molecule has 9 nitrogen and oxygen atoms in total. The van der Waals surface area contributed by atoms with Crippen molar-refractivity contribution in [2.75, 3.05) is 16.4 Å². The van der Waals surface area contributed by atoms with E-state index < -0.39 is 11.8 Å². The molecule has 0 unspecified atom stereocenters. The van der Waals surface area contributed by atoms with Gasteiger partial charge in [-0.1, -0.05) is 11.3 Å². The van der Waals surface area contributed by atoms with Crippen molar-refractivity contribution in [2.45, 2.75) is 6.92 Å². The van der Waals surface area contributed by atoms with Crippen LogP contribution in [0, 0.1) is 12.7 Å². The third kappa shape index (κ3) is 3.30. The van der Waals surface area contributed by atoms with E-state index in [1.807, 2.05) is 0 Å². The second-order valence-corrected chi connectivity index (χ2v) is 6.05. The number of carbonyl (C=O) groups excluding carboxylic acids is 1. The Morgan fingerprint density at radius 2 is 1.96 bits per heavy atom. The van der Waals surface area contributed by atoms with Crippen LogP contribution in [0.1, 0.15) is 5.56 Å². The van der Waals surface area contributed by atoms with Crippen molar-refractivity contribution < 1.29 is 9.18 Å². The molecule has 3 aromatic heterocycles. The first kappa shape index (κ1) is 17.3. The van der Waals surface area contributed by atoms with E-state index >= 15 is 0 Å². The average molecular weight is 378 g/mol. The maximum Gasteiger partial charge on any atom is 0.323 e. The van der Waals surface area contributed by atoms with Gasteiger partial charge >= 0.3 is 6.03 Å². The smallest absolute Gasteiger partial charge is 0.323 e. The number of nitrogens with one attached hydrogen (secondary N) is 2. The summed E-state index contributed by atoms with van der Waals surface area (Å²) in [6.07, 6.45) is 4.60. The molecule has 4 N–H and O–H groups in total. The molecule has 0 atom stereocenters. The molecule has 10 heteroatoms. The van der Waals surface area contributed by atoms with Gasteiger partial charge in [0, 0.05) is 11.8 Å². The highest BCUT2D eigenvalue weighted by molar-refractivity contribution is 5.99. The first-order valence-corrected chi connectivity index (χ1v) is 8.27. The summed E-state index contributed by atoms with van der Waals surface area (Å²) in [4.78, 5) is 20.6. The Morgan fingerprint density at radius 3 is 2.75 bits per heavy atom. The van der Waals surface area contributed by atoms with Crippen molar-refractivity contribution in [3.63, 3.8) is 0 Å². The number of hydrogen-bond acceptors (Lipinski definition) is 6. The molecule has 0 radical (unpaired) electrons. The Balaban J connectivity index is 1.52. The van der Waals surface area contributed by atoms with Crippen LogP contribution in [0.15, 0.2) is 48.9 Å². The number of hydrogen-bond donors (Lipinski definition) is 3. The fourth-order valence-corrected chi connectivity index (χ4v) is 2.70. The van der Waals surface area contributed by atoms with Crippen LogP contribution in [0.5, 0.6) is 0 Å². The summed E-state index contributed by atoms with van der Waals surface area (Å²) in [5, 5.41) is 12.8. The Hall–Kier alpha value is -4.08. The third-order valence-corrected chi connectivity index (χ3v) is 3.99. The zero-order valence-corrected chi connectivity index (χ0v) is 14.7. The number of pyridine rings is 1. The first-order valence-electron chi connectivity index (χ1n) is 8.27. The summed E-state index contributed by atoms with van der Waals surface area (Å²) in [5.74, 6) is 0.142. The number of anilines is 3. The number of amides is 2. The molecule has 0 aliphatic carbocycles. The molecule has 0 saturated heterocycles. The molecule has 0 bridgehead atoms. The van der Waals surface area contributed by atoms with Crippen molar-refractivity contribution >= 4 is 28.7 Å². The lowest BCUT2D eigenvalue weighted by Gasteiger charge is -2.09. The van der Waals surface area contributed by atoms with E-state index in [1.54, 1.807) is 37.4 Å². The summed E-state index contributed by atoms with van der Waals surface area (Å²) >= 11 is 0. The maximum atomic E-state index is 13.8. The predicted octanol–water partition coefficient (Wildman–Crippen LogP) is 2.86. The monoisotopic (exact) mass is 378 g/mol. The van der Waals surface area contributed by atoms with Crippen LogP contribution in [-0.4, -0.2) is 30.8 Å². The Kier molecular flexibility index (Phi) is 4.28. The number of aromatic nitrogens is 5. The van der Waals surface area contributed by atoms with Gasteiger partial charge in [-0.15, -0.1) is 5.10 Å². The van der Waals surface area contributed by atoms with Crippen molar-refractivity contribution in [3.8, 4) is 11.4 Å². The summed E-state index contributed by atoms with van der Waals surface area (Å²) in [6, 6.07) is 7.42. The molecule has 140 valence electrons. The van der Waals surface area contributed by atoms with E-state index in [0.29, 0.717) is 22.6 Å². The van der Waals surface area contributed by atoms with Crippen LogP contribution in [0.2, 0.25) is 0 Å². The van der Waals surface area contributed by atoms with E-state index in [9.17, 15) is 9.18 Å². The van der Waals surface area contributed by atoms with Gasteiger partial charge in [-0.05, 0) is 36.8 Å². The van der Waals surface area contributed by atoms with Gasteiger partial charge in [-0.3, -0.25) is 0 Å². The normalized spacial score (nSPS) is 10.8. The van der Waals surface area contributed by atoms with E-state index in [2.05, 4.69) is 30.9 Å². The lowest BCUT2D eigenvalue weighted by atomic mass is 10.2. The van der Waals surface area contributed by atoms with E-state index in [0.717, 1.165) is 5.56 Å². The van der Waals surface area contributed by atoms with Gasteiger partial charge in [0.1, 0.15) is 11.3 Å². The highest BCUT2D eigenvalue weighted by atomic mass is 19.1. The third-order valence-electron chi connectivity index (χ3n) is 3.99. The summed E-state index contributed by atoms with van der Waals surface area (Å²) in [5.41, 5.74) is 8.37. The molecular formula is C18H15FN8O. The second kappa shape index (κ2) is 6.91. The van der Waals surface area contributed by atoms with Gasteiger partial charge in [-0.25, -0.2) is 23.7 Å². The van der Waals surface area contributed by atoms with Crippen molar-refractivity contribution in [3.05, 3.63) is 60.3 Å². The standard InChI is InChI=1S/C18H15FN8O/c1-10-4-5-13(19)14(7-10)24-18(28)23-11-8-21-17(22-9-11)12-3-2-6-27-15(12)16(20)25-26-27/h2-9H,20H2,1H3,(H2,23,24,28). The van der Waals surface area contributed by atoms with Gasteiger partial charge < -0.3 is 16.4 Å². The second-order valence-electron chi connectivity index (χ2n) is 6.05. The number of carbonyl (C=O) groups is 1. The molecular weight excluding hydrogens is 363 g/mol. The van der Waals surface area contributed by atoms with Gasteiger partial charge in [0.2, 0.25) is 0 Å². The molecule has 4 rings (SSSR count). The predicted molar refractivity (Wildman–Crippen MR) is 102 cm³/mol. The first-order chi connectivity index (χ1) is 13.5. The van der Waals surface area contributed by atoms with E-state index in [4.69, 9.17) is 5.73 Å². The van der Waals surface area contributed by atoms with Gasteiger partial charge in [0.05, 0.1) is 23.8 Å². The SMILES string of the molecule is Cc1ccc(F)c(NC(=O)Nc2cnc(-c3cccn4nnc(N)c34)nc2)c1. The highest BCUT2D eigenvalue weighted by Crippen LogP contribution is 2.24. The molecule has 3 heterocycles. The van der Waals surface area contributed by atoms with Crippen molar-refractivity contribution in [1.82, 2.24) is 24.8 Å². The zero-order chi connectivity index (χ0) is 19.7. The van der Waals surface area contributed by atoms with Crippen molar-refractivity contribution in [2.24, 2.45) is 0 Å². The number of nitrogen functional groups attached to an aromatic ring is 1. The fraction of sp³-hybridized carbons (Fsp3) is 0.0556. The number of nitrogens with two attached hydrogens (primary N) is 1.